The van der Waals surface area contributed by atoms with Crippen LogP contribution in [0.4, 0.5) is 0 Å². The van der Waals surface area contributed by atoms with Crippen molar-refractivity contribution in [3.8, 4) is 0 Å². The van der Waals surface area contributed by atoms with E-state index >= 15 is 0 Å². The summed E-state index contributed by atoms with van der Waals surface area (Å²) in [5.41, 5.74) is 1.53. The Hall–Kier alpha value is -1.20. The Morgan fingerprint density at radius 3 is 2.91 bits per heavy atom. The first kappa shape index (κ1) is 14.4. The molecule has 0 spiro atoms. The summed E-state index contributed by atoms with van der Waals surface area (Å²) in [6.45, 7) is 3.84. The standard InChI is InChI=1S/C17H23N3OS/c1-2-9-18-10-14-19-16-15(17(21)20(14)11-7-8-11)12-5-3-4-6-13(12)22-16/h11,18H,2-10H2,1H3. The highest BCUT2D eigenvalue weighted by molar-refractivity contribution is 7.18. The van der Waals surface area contributed by atoms with Gasteiger partial charge in [-0.15, -0.1) is 11.3 Å². The first-order chi connectivity index (χ1) is 10.8. The van der Waals surface area contributed by atoms with Gasteiger partial charge in [0, 0.05) is 10.9 Å². The van der Waals surface area contributed by atoms with Crippen LogP contribution in [0.15, 0.2) is 4.79 Å². The lowest BCUT2D eigenvalue weighted by Crippen LogP contribution is -2.28. The maximum absolute atomic E-state index is 13.1. The van der Waals surface area contributed by atoms with Gasteiger partial charge in [-0.1, -0.05) is 6.92 Å². The van der Waals surface area contributed by atoms with E-state index < -0.39 is 0 Å². The van der Waals surface area contributed by atoms with E-state index in [-0.39, 0.29) is 5.56 Å². The third-order valence-electron chi connectivity index (χ3n) is 4.72. The van der Waals surface area contributed by atoms with E-state index in [0.717, 1.165) is 54.7 Å². The van der Waals surface area contributed by atoms with E-state index in [2.05, 4.69) is 12.2 Å². The molecule has 4 nitrogen and oxygen atoms in total. The van der Waals surface area contributed by atoms with Crippen LogP contribution >= 0.6 is 11.3 Å². The van der Waals surface area contributed by atoms with Crippen molar-refractivity contribution in [3.63, 3.8) is 0 Å². The molecule has 1 saturated carbocycles. The van der Waals surface area contributed by atoms with Gasteiger partial charge in [-0.05, 0) is 57.1 Å². The molecular formula is C17H23N3OS. The Morgan fingerprint density at radius 1 is 1.32 bits per heavy atom. The Bertz CT molecular complexity index is 757. The van der Waals surface area contributed by atoms with E-state index in [9.17, 15) is 4.79 Å². The number of rotatable bonds is 5. The molecule has 2 aromatic rings. The topological polar surface area (TPSA) is 46.9 Å². The quantitative estimate of drug-likeness (QED) is 0.862. The molecule has 2 aromatic heterocycles. The van der Waals surface area contributed by atoms with Crippen LogP contribution < -0.4 is 10.9 Å². The molecule has 22 heavy (non-hydrogen) atoms. The largest absolute Gasteiger partial charge is 0.310 e. The molecule has 5 heteroatoms. The summed E-state index contributed by atoms with van der Waals surface area (Å²) in [7, 11) is 0. The van der Waals surface area contributed by atoms with Gasteiger partial charge in [-0.3, -0.25) is 9.36 Å². The summed E-state index contributed by atoms with van der Waals surface area (Å²) < 4.78 is 1.99. The van der Waals surface area contributed by atoms with Crippen molar-refractivity contribution >= 4 is 21.6 Å². The van der Waals surface area contributed by atoms with Crippen molar-refractivity contribution in [2.45, 2.75) is 64.5 Å². The Balaban J connectivity index is 1.85. The predicted molar refractivity (Wildman–Crippen MR) is 90.8 cm³/mol. The first-order valence-corrected chi connectivity index (χ1v) is 9.37. The van der Waals surface area contributed by atoms with Gasteiger partial charge >= 0.3 is 0 Å². The second kappa shape index (κ2) is 5.78. The second-order valence-corrected chi connectivity index (χ2v) is 7.59. The molecule has 1 fully saturated rings. The van der Waals surface area contributed by atoms with E-state index in [1.54, 1.807) is 11.3 Å². The molecule has 2 heterocycles. The number of thiophene rings is 1. The molecule has 0 amide bonds. The van der Waals surface area contributed by atoms with E-state index in [1.807, 2.05) is 4.57 Å². The fourth-order valence-corrected chi connectivity index (χ4v) is 4.74. The molecular weight excluding hydrogens is 294 g/mol. The highest BCUT2D eigenvalue weighted by Crippen LogP contribution is 2.37. The fraction of sp³-hybridized carbons (Fsp3) is 0.647. The molecule has 118 valence electrons. The maximum atomic E-state index is 13.1. The van der Waals surface area contributed by atoms with Crippen LogP contribution in [0.25, 0.3) is 10.2 Å². The van der Waals surface area contributed by atoms with Gasteiger partial charge < -0.3 is 5.32 Å². The zero-order chi connectivity index (χ0) is 15.1. The van der Waals surface area contributed by atoms with Crippen molar-refractivity contribution < 1.29 is 0 Å². The van der Waals surface area contributed by atoms with Crippen molar-refractivity contribution in [1.29, 1.82) is 0 Å². The maximum Gasteiger partial charge on any atom is 0.262 e. The summed E-state index contributed by atoms with van der Waals surface area (Å²) in [4.78, 5) is 20.4. The first-order valence-electron chi connectivity index (χ1n) is 8.56. The summed E-state index contributed by atoms with van der Waals surface area (Å²) in [6.07, 6.45) is 8.00. The molecule has 2 aliphatic rings. The van der Waals surface area contributed by atoms with Crippen molar-refractivity contribution in [1.82, 2.24) is 14.9 Å². The minimum Gasteiger partial charge on any atom is -0.310 e. The van der Waals surface area contributed by atoms with E-state index in [4.69, 9.17) is 4.98 Å². The van der Waals surface area contributed by atoms with Crippen LogP contribution in [0, 0.1) is 0 Å². The zero-order valence-corrected chi connectivity index (χ0v) is 14.0. The van der Waals surface area contributed by atoms with Crippen molar-refractivity contribution in [2.75, 3.05) is 6.54 Å². The van der Waals surface area contributed by atoms with Gasteiger partial charge in [-0.25, -0.2) is 4.98 Å². The molecule has 0 radical (unpaired) electrons. The van der Waals surface area contributed by atoms with E-state index in [0.29, 0.717) is 12.6 Å². The van der Waals surface area contributed by atoms with Crippen molar-refractivity contribution in [2.24, 2.45) is 0 Å². The highest BCUT2D eigenvalue weighted by atomic mass is 32.1. The summed E-state index contributed by atoms with van der Waals surface area (Å²) >= 11 is 1.76. The number of nitrogens with one attached hydrogen (secondary N) is 1. The van der Waals surface area contributed by atoms with Crippen molar-refractivity contribution in [3.05, 3.63) is 26.6 Å². The van der Waals surface area contributed by atoms with Gasteiger partial charge in [0.15, 0.2) is 0 Å². The van der Waals surface area contributed by atoms with Crippen LogP contribution in [0.2, 0.25) is 0 Å². The molecule has 0 bridgehead atoms. The number of hydrogen-bond donors (Lipinski definition) is 1. The van der Waals surface area contributed by atoms with Crippen LogP contribution in [0.1, 0.15) is 61.3 Å². The average Bonchev–Trinajstić information content (AvgIpc) is 3.27. The lowest BCUT2D eigenvalue weighted by atomic mass is 9.97. The zero-order valence-electron chi connectivity index (χ0n) is 13.2. The lowest BCUT2D eigenvalue weighted by Gasteiger charge is -2.13. The van der Waals surface area contributed by atoms with Crippen LogP contribution in [0.3, 0.4) is 0 Å². The molecule has 0 saturated heterocycles. The number of nitrogens with zero attached hydrogens (tertiary/aromatic N) is 2. The number of aromatic nitrogens is 2. The Labute approximate surface area is 134 Å². The summed E-state index contributed by atoms with van der Waals surface area (Å²) in [6, 6.07) is 0.391. The number of aryl methyl sites for hydroxylation is 2. The third kappa shape index (κ3) is 2.40. The minimum atomic E-state index is 0.222. The molecule has 0 unspecified atom stereocenters. The summed E-state index contributed by atoms with van der Waals surface area (Å²) in [5.74, 6) is 0.937. The van der Waals surface area contributed by atoms with Gasteiger partial charge in [0.2, 0.25) is 0 Å². The van der Waals surface area contributed by atoms with Gasteiger partial charge in [0.05, 0.1) is 11.9 Å². The molecule has 0 aromatic carbocycles. The molecule has 2 aliphatic carbocycles. The van der Waals surface area contributed by atoms with Crippen LogP contribution in [-0.2, 0) is 19.4 Å². The predicted octanol–water partition coefficient (Wildman–Crippen LogP) is 3.17. The Kier molecular flexibility index (Phi) is 3.78. The van der Waals surface area contributed by atoms with Crippen LogP contribution in [-0.4, -0.2) is 16.1 Å². The fourth-order valence-electron chi connectivity index (χ4n) is 3.47. The number of fused-ring (bicyclic) bond motifs is 3. The van der Waals surface area contributed by atoms with Crippen LogP contribution in [0.5, 0.6) is 0 Å². The average molecular weight is 317 g/mol. The highest BCUT2D eigenvalue weighted by Gasteiger charge is 2.30. The van der Waals surface area contributed by atoms with E-state index in [1.165, 1.54) is 23.3 Å². The van der Waals surface area contributed by atoms with Gasteiger partial charge in [0.1, 0.15) is 10.7 Å². The molecule has 0 aliphatic heterocycles. The Morgan fingerprint density at radius 2 is 2.14 bits per heavy atom. The number of hydrogen-bond acceptors (Lipinski definition) is 4. The molecule has 0 atom stereocenters. The molecule has 4 rings (SSSR count). The van der Waals surface area contributed by atoms with Gasteiger partial charge in [-0.2, -0.15) is 0 Å². The third-order valence-corrected chi connectivity index (χ3v) is 5.90. The summed E-state index contributed by atoms with van der Waals surface area (Å²) in [5, 5.41) is 4.35. The normalized spacial score (nSPS) is 17.9. The minimum absolute atomic E-state index is 0.222. The van der Waals surface area contributed by atoms with Gasteiger partial charge in [0.25, 0.3) is 5.56 Å². The smallest absolute Gasteiger partial charge is 0.262 e. The second-order valence-electron chi connectivity index (χ2n) is 6.50. The lowest BCUT2D eigenvalue weighted by molar-refractivity contribution is 0.580. The molecule has 1 N–H and O–H groups in total. The monoisotopic (exact) mass is 317 g/mol. The SMILES string of the molecule is CCCNCc1nc2sc3c(c2c(=O)n1C1CC1)CCCC3.